The van der Waals surface area contributed by atoms with Gasteiger partial charge in [0.25, 0.3) is 0 Å². The van der Waals surface area contributed by atoms with Crippen LogP contribution in [-0.4, -0.2) is 21.8 Å². The Morgan fingerprint density at radius 3 is 2.78 bits per heavy atom. The van der Waals surface area contributed by atoms with Crippen molar-refractivity contribution in [1.29, 1.82) is 0 Å². The molecule has 0 saturated carbocycles. The third-order valence-electron chi connectivity index (χ3n) is 0.836. The maximum atomic E-state index is 4.15. The Balaban J connectivity index is 3.17. The van der Waals surface area contributed by atoms with Crippen molar-refractivity contribution in [3.63, 3.8) is 0 Å². The SMILES string of the molecule is [AsH2]c1ncc(Br)cc1I. The normalized spacial score (nSPS) is 9.67. The van der Waals surface area contributed by atoms with E-state index in [1.54, 1.807) is 16.9 Å². The Morgan fingerprint density at radius 1 is 1.67 bits per heavy atom. The molecule has 1 unspecified atom stereocenters. The van der Waals surface area contributed by atoms with Crippen molar-refractivity contribution in [3.8, 4) is 0 Å². The summed E-state index contributed by atoms with van der Waals surface area (Å²) in [6.07, 6.45) is 1.82. The molecule has 4 heteroatoms. The molecule has 1 aromatic heterocycles. The van der Waals surface area contributed by atoms with Crippen molar-refractivity contribution in [2.45, 2.75) is 0 Å². The molecule has 0 bridgehead atoms. The van der Waals surface area contributed by atoms with E-state index in [4.69, 9.17) is 0 Å². The van der Waals surface area contributed by atoms with Crippen molar-refractivity contribution in [1.82, 2.24) is 4.98 Å². The Labute approximate surface area is 84.4 Å². The predicted molar refractivity (Wildman–Crippen MR) is 52.8 cm³/mol. The molecule has 1 atom stereocenters. The second-order valence-electron chi connectivity index (χ2n) is 1.52. The van der Waals surface area contributed by atoms with Crippen LogP contribution in [0.5, 0.6) is 0 Å². The molecular weight excluding hydrogens is 356 g/mol. The van der Waals surface area contributed by atoms with Gasteiger partial charge in [-0.2, -0.15) is 0 Å². The zero-order valence-electron chi connectivity index (χ0n) is 4.44. The molecule has 48 valence electrons. The average Bonchev–Trinajstić information content (AvgIpc) is 1.80. The van der Waals surface area contributed by atoms with Crippen LogP contribution in [0, 0.1) is 3.57 Å². The first-order valence-corrected chi connectivity index (χ1v) is 5.35. The van der Waals surface area contributed by atoms with E-state index < -0.39 is 0 Å². The molecule has 1 nitrogen and oxygen atoms in total. The van der Waals surface area contributed by atoms with Gasteiger partial charge in [-0.15, -0.1) is 0 Å². The van der Waals surface area contributed by atoms with Crippen LogP contribution < -0.4 is 4.48 Å². The minimum absolute atomic E-state index is 1.05. The van der Waals surface area contributed by atoms with Crippen LogP contribution in [-0.2, 0) is 0 Å². The average molecular weight is 360 g/mol. The predicted octanol–water partition coefficient (Wildman–Crippen LogP) is 0.707. The van der Waals surface area contributed by atoms with Crippen molar-refractivity contribution in [2.24, 2.45) is 0 Å². The first-order valence-electron chi connectivity index (χ1n) is 2.26. The van der Waals surface area contributed by atoms with Crippen molar-refractivity contribution in [2.75, 3.05) is 0 Å². The first-order chi connectivity index (χ1) is 4.20. The molecule has 1 aromatic rings. The van der Waals surface area contributed by atoms with Crippen LogP contribution in [0.4, 0.5) is 0 Å². The monoisotopic (exact) mass is 359 g/mol. The number of hydrogen-bond acceptors (Lipinski definition) is 1. The first kappa shape index (κ1) is 8.02. The summed E-state index contributed by atoms with van der Waals surface area (Å²) in [5.41, 5.74) is 0. The molecule has 0 N–H and O–H groups in total. The Bertz CT molecular complexity index is 228. The van der Waals surface area contributed by atoms with Gasteiger partial charge in [-0.3, -0.25) is 0 Å². The van der Waals surface area contributed by atoms with Crippen LogP contribution in [0.2, 0.25) is 0 Å². The van der Waals surface area contributed by atoms with Crippen LogP contribution >= 0.6 is 38.5 Å². The molecule has 1 heterocycles. The van der Waals surface area contributed by atoms with Gasteiger partial charge in [-0.1, -0.05) is 0 Å². The van der Waals surface area contributed by atoms with Crippen LogP contribution in [0.25, 0.3) is 0 Å². The summed E-state index contributed by atoms with van der Waals surface area (Å²) in [5.74, 6) is 0. The summed E-state index contributed by atoms with van der Waals surface area (Å²) in [4.78, 5) is 4.15. The van der Waals surface area contributed by atoms with Gasteiger partial charge in [0.05, 0.1) is 0 Å². The number of hydrogen-bond donors (Lipinski definition) is 0. The van der Waals surface area contributed by atoms with Gasteiger partial charge >= 0.3 is 85.1 Å². The molecule has 1 rings (SSSR count). The van der Waals surface area contributed by atoms with Gasteiger partial charge < -0.3 is 0 Å². The number of rotatable bonds is 0. The Hall–Kier alpha value is 0.918. The van der Waals surface area contributed by atoms with Gasteiger partial charge in [0, 0.05) is 0 Å². The van der Waals surface area contributed by atoms with E-state index >= 15 is 0 Å². The van der Waals surface area contributed by atoms with E-state index in [9.17, 15) is 0 Å². The molecule has 0 aliphatic carbocycles. The fraction of sp³-hybridized carbons (Fsp3) is 0. The van der Waals surface area contributed by atoms with E-state index in [0.717, 1.165) is 8.95 Å². The van der Waals surface area contributed by atoms with E-state index in [1.807, 2.05) is 6.20 Å². The second-order valence-corrected chi connectivity index (χ2v) is 4.75. The van der Waals surface area contributed by atoms with Crippen molar-refractivity contribution < 1.29 is 0 Å². The van der Waals surface area contributed by atoms with E-state index in [0.29, 0.717) is 0 Å². The number of halogens is 2. The van der Waals surface area contributed by atoms with Gasteiger partial charge in [-0.25, -0.2) is 0 Å². The van der Waals surface area contributed by atoms with Crippen LogP contribution in [0.3, 0.4) is 0 Å². The quantitative estimate of drug-likeness (QED) is 0.491. The molecule has 0 amide bonds. The van der Waals surface area contributed by atoms with Crippen molar-refractivity contribution >= 4 is 59.9 Å². The summed E-state index contributed by atoms with van der Waals surface area (Å²) in [5, 5.41) is 0. The zero-order valence-corrected chi connectivity index (χ0v) is 10.6. The molecule has 0 aromatic carbocycles. The third kappa shape index (κ3) is 2.20. The Morgan fingerprint density at radius 2 is 2.33 bits per heavy atom. The topological polar surface area (TPSA) is 12.9 Å². The van der Waals surface area contributed by atoms with Crippen LogP contribution in [0.15, 0.2) is 16.7 Å². The van der Waals surface area contributed by atoms with Gasteiger partial charge in [0.15, 0.2) is 0 Å². The van der Waals surface area contributed by atoms with E-state index in [2.05, 4.69) is 49.6 Å². The van der Waals surface area contributed by atoms with E-state index in [1.165, 1.54) is 3.57 Å². The van der Waals surface area contributed by atoms with Gasteiger partial charge in [-0.05, 0) is 0 Å². The maximum absolute atomic E-state index is 4.15. The summed E-state index contributed by atoms with van der Waals surface area (Å²) in [6.45, 7) is 0. The number of nitrogens with zero attached hydrogens (tertiary/aromatic N) is 1. The molecule has 0 spiro atoms. The van der Waals surface area contributed by atoms with E-state index in [-0.39, 0.29) is 0 Å². The Kier molecular flexibility index (Phi) is 2.99. The molecule has 0 radical (unpaired) electrons. The molecule has 0 aliphatic heterocycles. The van der Waals surface area contributed by atoms with Gasteiger partial charge in [0.2, 0.25) is 0 Å². The van der Waals surface area contributed by atoms with Crippen LogP contribution in [0.1, 0.15) is 0 Å². The fourth-order valence-corrected chi connectivity index (χ4v) is 1.99. The fourth-order valence-electron chi connectivity index (χ4n) is 0.425. The van der Waals surface area contributed by atoms with Crippen molar-refractivity contribution in [3.05, 3.63) is 20.3 Å². The second kappa shape index (κ2) is 3.35. The summed E-state index contributed by atoms with van der Waals surface area (Å²) in [7, 11) is 0. The molecule has 0 aliphatic rings. The third-order valence-corrected chi connectivity index (χ3v) is 4.33. The molecule has 0 saturated heterocycles. The summed E-state index contributed by atoms with van der Waals surface area (Å²) >= 11 is 7.17. The zero-order chi connectivity index (χ0) is 6.85. The minimum atomic E-state index is 1.05. The number of pyridine rings is 1. The summed E-state index contributed by atoms with van der Waals surface area (Å²) in [6, 6.07) is 2.06. The molecule has 0 fully saturated rings. The summed E-state index contributed by atoms with van der Waals surface area (Å²) < 4.78 is 3.42. The van der Waals surface area contributed by atoms with Gasteiger partial charge in [0.1, 0.15) is 0 Å². The molecular formula is C5H4AsBrIN. The molecule has 9 heavy (non-hydrogen) atoms. The standard InChI is InChI=1S/C5H4AsBrIN/c6-5-4(8)1-3(7)2-9-5/h1-2H,6H2. The number of aromatic nitrogens is 1.